The molecular weight excluding hydrogens is 418 g/mol. The highest BCUT2D eigenvalue weighted by Crippen LogP contribution is 2.40. The molecule has 4 rings (SSSR count). The quantitative estimate of drug-likeness (QED) is 0.643. The largest absolute Gasteiger partial charge is 0.352 e. The van der Waals surface area contributed by atoms with Gasteiger partial charge in [0.05, 0.1) is 6.20 Å². The predicted molar refractivity (Wildman–Crippen MR) is 115 cm³/mol. The third-order valence-corrected chi connectivity index (χ3v) is 7.40. The highest BCUT2D eigenvalue weighted by atomic mass is 79.9. The number of anilines is 1. The Balaban J connectivity index is 1.43. The Hall–Kier alpha value is -1.05. The maximum atomic E-state index is 12.4. The molecule has 3 atom stereocenters. The molecule has 3 fully saturated rings. The highest BCUT2D eigenvalue weighted by Gasteiger charge is 2.40. The van der Waals surface area contributed by atoms with Gasteiger partial charge in [-0.2, -0.15) is 0 Å². The zero-order valence-corrected chi connectivity index (χ0v) is 18.9. The van der Waals surface area contributed by atoms with E-state index in [0.29, 0.717) is 28.3 Å². The molecule has 1 aromatic heterocycles. The van der Waals surface area contributed by atoms with Crippen molar-refractivity contribution in [2.24, 2.45) is 11.8 Å². The molecule has 1 saturated carbocycles. The number of ketones is 1. The second-order valence-corrected chi connectivity index (χ2v) is 9.58. The van der Waals surface area contributed by atoms with Gasteiger partial charge in [0.15, 0.2) is 11.6 Å². The summed E-state index contributed by atoms with van der Waals surface area (Å²) in [4.78, 5) is 29.2. The van der Waals surface area contributed by atoms with Crippen molar-refractivity contribution in [1.82, 2.24) is 19.8 Å². The summed E-state index contributed by atoms with van der Waals surface area (Å²) in [5, 5.41) is 0. The third kappa shape index (κ3) is 4.12. The summed E-state index contributed by atoms with van der Waals surface area (Å²) in [6.45, 7) is 9.82. The number of halogens is 1. The average molecular weight is 450 g/mol. The Morgan fingerprint density at radius 1 is 1.25 bits per heavy atom. The number of aromatic nitrogens is 2. The molecule has 0 amide bonds. The van der Waals surface area contributed by atoms with Gasteiger partial charge < -0.3 is 9.80 Å². The first kappa shape index (κ1) is 20.2. The minimum absolute atomic E-state index is 0.144. The van der Waals surface area contributed by atoms with Gasteiger partial charge >= 0.3 is 0 Å². The summed E-state index contributed by atoms with van der Waals surface area (Å²) in [6, 6.07) is 1.25. The zero-order chi connectivity index (χ0) is 19.8. The summed E-state index contributed by atoms with van der Waals surface area (Å²) < 4.78 is 0.703. The van der Waals surface area contributed by atoms with Gasteiger partial charge in [0, 0.05) is 37.6 Å². The van der Waals surface area contributed by atoms with Crippen LogP contribution < -0.4 is 4.90 Å². The van der Waals surface area contributed by atoms with Gasteiger partial charge in [-0.1, -0.05) is 13.8 Å². The minimum Gasteiger partial charge on any atom is -0.352 e. The average Bonchev–Trinajstić information content (AvgIpc) is 3.44. The number of hydrogen-bond acceptors (Lipinski definition) is 6. The number of carbonyl (C=O) groups is 1. The van der Waals surface area contributed by atoms with E-state index in [0.717, 1.165) is 38.3 Å². The summed E-state index contributed by atoms with van der Waals surface area (Å²) in [5.41, 5.74) is 0.502. The van der Waals surface area contributed by atoms with Crippen LogP contribution in [0, 0.1) is 11.8 Å². The molecule has 1 aromatic rings. The minimum atomic E-state index is 0.144. The molecule has 0 N–H and O–H groups in total. The zero-order valence-electron chi connectivity index (χ0n) is 17.3. The van der Waals surface area contributed by atoms with Crippen molar-refractivity contribution in [1.29, 1.82) is 0 Å². The fourth-order valence-corrected chi connectivity index (χ4v) is 5.35. The molecule has 2 saturated heterocycles. The van der Waals surface area contributed by atoms with E-state index in [9.17, 15) is 4.79 Å². The first-order valence-corrected chi connectivity index (χ1v) is 11.5. The van der Waals surface area contributed by atoms with Gasteiger partial charge in [0.25, 0.3) is 0 Å². The van der Waals surface area contributed by atoms with Gasteiger partial charge in [-0.15, -0.1) is 0 Å². The van der Waals surface area contributed by atoms with E-state index in [1.165, 1.54) is 25.9 Å². The third-order valence-electron chi connectivity index (χ3n) is 6.87. The van der Waals surface area contributed by atoms with Crippen LogP contribution in [0.25, 0.3) is 0 Å². The van der Waals surface area contributed by atoms with Crippen molar-refractivity contribution in [2.75, 3.05) is 44.7 Å². The number of nitrogens with zero attached hydrogens (tertiary/aromatic N) is 5. The van der Waals surface area contributed by atoms with Crippen LogP contribution in [0.15, 0.2) is 10.8 Å². The van der Waals surface area contributed by atoms with Crippen LogP contribution in [0.2, 0.25) is 0 Å². The fourth-order valence-electron chi connectivity index (χ4n) is 4.80. The topological polar surface area (TPSA) is 52.6 Å². The van der Waals surface area contributed by atoms with Gasteiger partial charge in [-0.05, 0) is 67.7 Å². The van der Waals surface area contributed by atoms with Crippen molar-refractivity contribution in [3.05, 3.63) is 16.5 Å². The monoisotopic (exact) mass is 449 g/mol. The van der Waals surface area contributed by atoms with E-state index >= 15 is 0 Å². The van der Waals surface area contributed by atoms with Crippen LogP contribution in [0.5, 0.6) is 0 Å². The van der Waals surface area contributed by atoms with E-state index in [2.05, 4.69) is 61.5 Å². The Labute approximate surface area is 176 Å². The van der Waals surface area contributed by atoms with Crippen LogP contribution in [0.1, 0.15) is 50.0 Å². The molecule has 2 unspecified atom stereocenters. The van der Waals surface area contributed by atoms with E-state index in [1.807, 2.05) is 0 Å². The second kappa shape index (κ2) is 8.36. The van der Waals surface area contributed by atoms with Crippen LogP contribution in [0.4, 0.5) is 5.82 Å². The first-order chi connectivity index (χ1) is 13.5. The maximum absolute atomic E-state index is 12.4. The van der Waals surface area contributed by atoms with E-state index in [4.69, 9.17) is 0 Å². The smallest absolute Gasteiger partial charge is 0.186 e. The summed E-state index contributed by atoms with van der Waals surface area (Å²) in [5.74, 6) is 1.66. The van der Waals surface area contributed by atoms with Crippen LogP contribution in [0.3, 0.4) is 0 Å². The number of rotatable bonds is 5. The van der Waals surface area contributed by atoms with Crippen LogP contribution in [-0.4, -0.2) is 77.4 Å². The van der Waals surface area contributed by atoms with Gasteiger partial charge in [-0.3, -0.25) is 9.69 Å². The lowest BCUT2D eigenvalue weighted by molar-refractivity contribution is 0.0700. The number of piperazine rings is 1. The molecule has 154 valence electrons. The standard InChI is InChI=1S/C21H32BrN5O/c1-4-15-13-26(9-10-27(15)16-5-7-25(3)8-6-16)21-20(22)24-18(12-23-21)19(28)17-11-14(17)2/h12,14-17H,4-11,13H2,1-3H3/t14?,15-,17?/m0/s1. The maximum Gasteiger partial charge on any atom is 0.186 e. The number of hydrogen-bond donors (Lipinski definition) is 0. The normalized spacial score (nSPS) is 29.9. The summed E-state index contributed by atoms with van der Waals surface area (Å²) in [6.07, 6.45) is 6.35. The Morgan fingerprint density at radius 2 is 1.96 bits per heavy atom. The summed E-state index contributed by atoms with van der Waals surface area (Å²) >= 11 is 3.59. The number of carbonyl (C=O) groups excluding carboxylic acids is 1. The molecule has 0 aromatic carbocycles. The van der Waals surface area contributed by atoms with Crippen molar-refractivity contribution in [2.45, 2.75) is 51.6 Å². The SMILES string of the molecule is CC[C@H]1CN(c2ncc(C(=O)C3CC3C)nc2Br)CCN1C1CCN(C)CC1. The van der Waals surface area contributed by atoms with E-state index in [-0.39, 0.29) is 11.7 Å². The van der Waals surface area contributed by atoms with Crippen molar-refractivity contribution in [3.8, 4) is 0 Å². The van der Waals surface area contributed by atoms with Gasteiger partial charge in [-0.25, -0.2) is 9.97 Å². The molecule has 0 radical (unpaired) electrons. The van der Waals surface area contributed by atoms with E-state index < -0.39 is 0 Å². The molecule has 0 spiro atoms. The van der Waals surface area contributed by atoms with E-state index in [1.54, 1.807) is 6.20 Å². The Bertz CT molecular complexity index is 721. The predicted octanol–water partition coefficient (Wildman–Crippen LogP) is 3.07. The molecule has 7 heteroatoms. The molecular formula is C21H32BrN5O. The van der Waals surface area contributed by atoms with Crippen molar-refractivity contribution in [3.63, 3.8) is 0 Å². The fraction of sp³-hybridized carbons (Fsp3) is 0.762. The Morgan fingerprint density at radius 3 is 2.57 bits per heavy atom. The van der Waals surface area contributed by atoms with Crippen molar-refractivity contribution >= 4 is 27.5 Å². The summed E-state index contributed by atoms with van der Waals surface area (Å²) in [7, 11) is 2.22. The number of likely N-dealkylation sites (tertiary alicyclic amines) is 1. The molecule has 2 aliphatic heterocycles. The first-order valence-electron chi connectivity index (χ1n) is 10.7. The van der Waals surface area contributed by atoms with Crippen molar-refractivity contribution < 1.29 is 4.79 Å². The second-order valence-electron chi connectivity index (χ2n) is 8.83. The number of Topliss-reactive ketones (excluding diaryl/α,β-unsaturated/α-hetero) is 1. The van der Waals surface area contributed by atoms with Gasteiger partial charge in [0.1, 0.15) is 10.3 Å². The lowest BCUT2D eigenvalue weighted by Gasteiger charge is -2.47. The number of piperidine rings is 1. The van der Waals surface area contributed by atoms with Gasteiger partial charge in [0.2, 0.25) is 0 Å². The Kier molecular flexibility index (Phi) is 6.04. The molecule has 3 heterocycles. The molecule has 6 nitrogen and oxygen atoms in total. The van der Waals surface area contributed by atoms with Crippen LogP contribution in [-0.2, 0) is 0 Å². The lowest BCUT2D eigenvalue weighted by Crippen LogP contribution is -2.58. The molecule has 28 heavy (non-hydrogen) atoms. The van der Waals surface area contributed by atoms with Crippen LogP contribution >= 0.6 is 15.9 Å². The lowest BCUT2D eigenvalue weighted by atomic mass is 9.98. The molecule has 1 aliphatic carbocycles. The highest BCUT2D eigenvalue weighted by molar-refractivity contribution is 9.10. The molecule has 0 bridgehead atoms. The molecule has 3 aliphatic rings.